The highest BCUT2D eigenvalue weighted by Gasteiger charge is 2.45. The average Bonchev–Trinajstić information content (AvgIpc) is 2.72. The molecule has 0 bridgehead atoms. The molecule has 0 saturated heterocycles. The van der Waals surface area contributed by atoms with Crippen LogP contribution in [0, 0.1) is 5.41 Å². The number of benzene rings is 1. The van der Waals surface area contributed by atoms with Crippen molar-refractivity contribution in [2.24, 2.45) is 5.41 Å². The molecule has 41 heavy (non-hydrogen) atoms. The van der Waals surface area contributed by atoms with Gasteiger partial charge in [-0.3, -0.25) is 14.5 Å². The van der Waals surface area contributed by atoms with Gasteiger partial charge in [-0.1, -0.05) is 32.9 Å². The summed E-state index contributed by atoms with van der Waals surface area (Å²) in [5.74, 6) is -2.63. The van der Waals surface area contributed by atoms with E-state index >= 15 is 0 Å². The molecule has 1 atom stereocenters. The van der Waals surface area contributed by atoms with E-state index < -0.39 is 87.4 Å². The number of sulfone groups is 1. The van der Waals surface area contributed by atoms with Crippen LogP contribution in [-0.4, -0.2) is 85.5 Å². The number of carboxylic acid groups (broad SMARTS) is 1. The van der Waals surface area contributed by atoms with Gasteiger partial charge in [0.1, 0.15) is 28.7 Å². The molecule has 0 spiro atoms. The van der Waals surface area contributed by atoms with Gasteiger partial charge in [-0.15, -0.1) is 0 Å². The normalized spacial score (nSPS) is 13.5. The SMILES string of the molecule is CC(C)(C)OC(=O)CN(C(=O)ON(C(=O)OC(C)(C)C)S(=O)(=O)c1ccccc1S(C)(=O)=O)C(C(=O)O)C(C)(C)C. The molecule has 0 fully saturated rings. The highest BCUT2D eigenvalue weighted by molar-refractivity contribution is 7.93. The molecule has 1 aromatic carbocycles. The van der Waals surface area contributed by atoms with Crippen LogP contribution in [0.3, 0.4) is 0 Å². The lowest BCUT2D eigenvalue weighted by Gasteiger charge is -2.36. The Labute approximate surface area is 240 Å². The third-order valence-corrected chi connectivity index (χ3v) is 7.62. The van der Waals surface area contributed by atoms with E-state index in [0.717, 1.165) is 18.4 Å². The molecule has 1 N–H and O–H groups in total. The standard InChI is InChI=1S/C25H38N2O12S2/c1-23(2,3)19(20(29)30)26(15-18(28)37-24(4,5)6)21(31)39-27(22(32)38-25(7,8)9)41(35,36)17-14-12-11-13-16(17)40(10,33)34/h11-14,19H,15H2,1-10H3,(H,29,30). The number of aliphatic carboxylic acids is 1. The van der Waals surface area contributed by atoms with Gasteiger partial charge in [0, 0.05) is 6.26 Å². The Bertz CT molecular complexity index is 1380. The van der Waals surface area contributed by atoms with Crippen molar-refractivity contribution >= 4 is 44.0 Å². The lowest BCUT2D eigenvalue weighted by Crippen LogP contribution is -2.56. The Morgan fingerprint density at radius 1 is 0.805 bits per heavy atom. The molecule has 16 heteroatoms. The molecule has 0 aliphatic rings. The molecular formula is C25H38N2O12S2. The van der Waals surface area contributed by atoms with Crippen LogP contribution in [0.15, 0.2) is 34.1 Å². The minimum Gasteiger partial charge on any atom is -0.480 e. The maximum absolute atomic E-state index is 13.7. The summed E-state index contributed by atoms with van der Waals surface area (Å²) in [5, 5.41) is 9.94. The molecular weight excluding hydrogens is 584 g/mol. The van der Waals surface area contributed by atoms with E-state index in [9.17, 15) is 41.1 Å². The number of sulfonamides is 1. The van der Waals surface area contributed by atoms with E-state index in [4.69, 9.17) is 14.3 Å². The Morgan fingerprint density at radius 2 is 1.27 bits per heavy atom. The summed E-state index contributed by atoms with van der Waals surface area (Å²) < 4.78 is 61.8. The minimum absolute atomic E-state index is 0.395. The first-order chi connectivity index (χ1) is 18.2. The molecule has 0 heterocycles. The van der Waals surface area contributed by atoms with Crippen LogP contribution >= 0.6 is 0 Å². The Hall–Kier alpha value is -3.40. The Kier molecular flexibility index (Phi) is 10.6. The number of carboxylic acids is 1. The number of carbonyl (C=O) groups excluding carboxylic acids is 3. The molecule has 0 aliphatic heterocycles. The predicted molar refractivity (Wildman–Crippen MR) is 145 cm³/mol. The zero-order chi connectivity index (χ0) is 32.4. The minimum atomic E-state index is -5.31. The largest absolute Gasteiger partial charge is 0.480 e. The van der Waals surface area contributed by atoms with Gasteiger partial charge < -0.3 is 14.6 Å². The number of amides is 2. The first-order valence-electron chi connectivity index (χ1n) is 12.2. The Morgan fingerprint density at radius 3 is 1.66 bits per heavy atom. The Balaban J connectivity index is 3.81. The van der Waals surface area contributed by atoms with E-state index in [1.165, 1.54) is 74.4 Å². The first kappa shape index (κ1) is 35.6. The van der Waals surface area contributed by atoms with Gasteiger partial charge in [0.15, 0.2) is 9.84 Å². The predicted octanol–water partition coefficient (Wildman–Crippen LogP) is 3.21. The summed E-state index contributed by atoms with van der Waals surface area (Å²) in [6.45, 7) is 12.0. The second-order valence-electron chi connectivity index (χ2n) is 12.1. The number of hydrogen-bond acceptors (Lipinski definition) is 11. The van der Waals surface area contributed by atoms with Gasteiger partial charge in [0.05, 0.1) is 4.90 Å². The number of ether oxygens (including phenoxy) is 2. The van der Waals surface area contributed by atoms with Gasteiger partial charge in [-0.25, -0.2) is 22.8 Å². The summed E-state index contributed by atoms with van der Waals surface area (Å²) in [7, 11) is -9.49. The average molecular weight is 623 g/mol. The molecule has 1 rings (SSSR count). The molecule has 1 aromatic rings. The molecule has 2 amide bonds. The van der Waals surface area contributed by atoms with Gasteiger partial charge >= 0.3 is 34.1 Å². The third kappa shape index (κ3) is 10.2. The molecule has 14 nitrogen and oxygen atoms in total. The van der Waals surface area contributed by atoms with Crippen molar-refractivity contribution < 1.29 is 55.4 Å². The van der Waals surface area contributed by atoms with Gasteiger partial charge in [0.2, 0.25) is 0 Å². The van der Waals surface area contributed by atoms with E-state index in [2.05, 4.69) is 0 Å². The molecule has 0 aliphatic carbocycles. The van der Waals surface area contributed by atoms with Crippen molar-refractivity contribution in [1.82, 2.24) is 9.37 Å². The van der Waals surface area contributed by atoms with Crippen LogP contribution in [0.1, 0.15) is 62.3 Å². The number of hydrogen-bond donors (Lipinski definition) is 1. The van der Waals surface area contributed by atoms with Crippen molar-refractivity contribution in [3.63, 3.8) is 0 Å². The van der Waals surface area contributed by atoms with Crippen molar-refractivity contribution in [3.05, 3.63) is 24.3 Å². The first-order valence-corrected chi connectivity index (χ1v) is 15.5. The topological polar surface area (TPSA) is 191 Å². The molecule has 0 saturated carbocycles. The highest BCUT2D eigenvalue weighted by Crippen LogP contribution is 2.29. The van der Waals surface area contributed by atoms with Crippen molar-refractivity contribution in [1.29, 1.82) is 0 Å². The van der Waals surface area contributed by atoms with Gasteiger partial charge in [-0.05, 0) is 63.6 Å². The maximum Gasteiger partial charge on any atom is 0.459 e. The number of carbonyl (C=O) groups is 4. The van der Waals surface area contributed by atoms with Gasteiger partial charge in [-0.2, -0.15) is 8.42 Å². The van der Waals surface area contributed by atoms with E-state index in [-0.39, 0.29) is 0 Å². The number of hydroxylamine groups is 1. The summed E-state index contributed by atoms with van der Waals surface area (Å²) >= 11 is 0. The van der Waals surface area contributed by atoms with Crippen LogP contribution in [-0.2, 0) is 43.8 Å². The van der Waals surface area contributed by atoms with Crippen molar-refractivity contribution in [2.45, 2.75) is 89.3 Å². The van der Waals surface area contributed by atoms with Gasteiger partial charge in [0.25, 0.3) is 0 Å². The van der Waals surface area contributed by atoms with E-state index in [0.29, 0.717) is 4.90 Å². The van der Waals surface area contributed by atoms with E-state index in [1.807, 2.05) is 0 Å². The van der Waals surface area contributed by atoms with Crippen LogP contribution in [0.25, 0.3) is 0 Å². The quantitative estimate of drug-likeness (QED) is 0.345. The second kappa shape index (κ2) is 12.2. The van der Waals surface area contributed by atoms with Crippen LogP contribution in [0.4, 0.5) is 9.59 Å². The fraction of sp³-hybridized carbons (Fsp3) is 0.600. The summed E-state index contributed by atoms with van der Waals surface area (Å²) in [4.78, 5) is 55.2. The van der Waals surface area contributed by atoms with Crippen LogP contribution in [0.5, 0.6) is 0 Å². The zero-order valence-electron chi connectivity index (χ0n) is 24.7. The second-order valence-corrected chi connectivity index (χ2v) is 15.8. The van der Waals surface area contributed by atoms with Crippen LogP contribution < -0.4 is 0 Å². The number of nitrogens with zero attached hydrogens (tertiary/aromatic N) is 2. The van der Waals surface area contributed by atoms with Crippen molar-refractivity contribution in [2.75, 3.05) is 12.8 Å². The van der Waals surface area contributed by atoms with Crippen LogP contribution in [0.2, 0.25) is 0 Å². The lowest BCUT2D eigenvalue weighted by atomic mass is 9.85. The smallest absolute Gasteiger partial charge is 0.459 e. The monoisotopic (exact) mass is 622 g/mol. The summed E-state index contributed by atoms with van der Waals surface area (Å²) in [5.41, 5.74) is -3.60. The summed E-state index contributed by atoms with van der Waals surface area (Å²) in [6.07, 6.45) is -2.76. The molecule has 232 valence electrons. The fourth-order valence-corrected chi connectivity index (χ4v) is 6.09. The molecule has 0 aromatic heterocycles. The van der Waals surface area contributed by atoms with Crippen molar-refractivity contribution in [3.8, 4) is 0 Å². The number of esters is 1. The lowest BCUT2D eigenvalue weighted by molar-refractivity contribution is -0.160. The molecule has 1 unspecified atom stereocenters. The third-order valence-electron chi connectivity index (χ3n) is 4.77. The summed E-state index contributed by atoms with van der Waals surface area (Å²) in [6, 6.07) is 2.46. The fourth-order valence-electron chi connectivity index (χ4n) is 3.41. The maximum atomic E-state index is 13.7. The molecule has 0 radical (unpaired) electrons. The zero-order valence-corrected chi connectivity index (χ0v) is 26.4. The highest BCUT2D eigenvalue weighted by atomic mass is 32.2. The van der Waals surface area contributed by atoms with E-state index in [1.54, 1.807) is 0 Å². The number of rotatable bonds is 7.